The van der Waals surface area contributed by atoms with Crippen LogP contribution in [0.5, 0.6) is 5.75 Å². The SMILES string of the molecule is CCCN(Cc1csc(COc2ccccc2C(C)C)n1)C(=O)COC. The minimum Gasteiger partial charge on any atom is -0.486 e. The molecule has 0 saturated heterocycles. The van der Waals surface area contributed by atoms with E-state index in [1.807, 2.05) is 23.6 Å². The lowest BCUT2D eigenvalue weighted by Crippen LogP contribution is -2.34. The first-order valence-electron chi connectivity index (χ1n) is 8.96. The van der Waals surface area contributed by atoms with Crippen molar-refractivity contribution in [1.29, 1.82) is 0 Å². The van der Waals surface area contributed by atoms with Crippen LogP contribution in [0.2, 0.25) is 0 Å². The molecule has 1 aromatic heterocycles. The fourth-order valence-corrected chi connectivity index (χ4v) is 3.38. The Hall–Kier alpha value is -1.92. The predicted octanol–water partition coefficient (Wildman–Crippen LogP) is 4.23. The van der Waals surface area contributed by atoms with Gasteiger partial charge in [0.15, 0.2) is 0 Å². The topological polar surface area (TPSA) is 51.7 Å². The zero-order valence-corrected chi connectivity index (χ0v) is 16.8. The third-order valence-electron chi connectivity index (χ3n) is 3.96. The summed E-state index contributed by atoms with van der Waals surface area (Å²) in [4.78, 5) is 18.5. The highest BCUT2D eigenvalue weighted by atomic mass is 32.1. The highest BCUT2D eigenvalue weighted by Gasteiger charge is 2.15. The van der Waals surface area contributed by atoms with Gasteiger partial charge in [-0.3, -0.25) is 4.79 Å². The van der Waals surface area contributed by atoms with Crippen LogP contribution < -0.4 is 4.74 Å². The summed E-state index contributed by atoms with van der Waals surface area (Å²) in [6.45, 7) is 8.12. The van der Waals surface area contributed by atoms with Crippen molar-refractivity contribution in [2.24, 2.45) is 0 Å². The van der Waals surface area contributed by atoms with Gasteiger partial charge in [-0.25, -0.2) is 4.98 Å². The molecule has 0 saturated carbocycles. The fourth-order valence-electron chi connectivity index (χ4n) is 2.69. The van der Waals surface area contributed by atoms with Crippen LogP contribution in [0.15, 0.2) is 29.6 Å². The van der Waals surface area contributed by atoms with E-state index in [2.05, 4.69) is 31.8 Å². The lowest BCUT2D eigenvalue weighted by atomic mass is 10.0. The van der Waals surface area contributed by atoms with Crippen LogP contribution >= 0.6 is 11.3 Å². The van der Waals surface area contributed by atoms with Crippen LogP contribution in [-0.4, -0.2) is 36.1 Å². The molecule has 2 rings (SSSR count). The van der Waals surface area contributed by atoms with Crippen molar-refractivity contribution in [1.82, 2.24) is 9.88 Å². The number of hydrogen-bond acceptors (Lipinski definition) is 5. The third kappa shape index (κ3) is 5.81. The average molecular weight is 377 g/mol. The lowest BCUT2D eigenvalue weighted by molar-refractivity contribution is -0.135. The molecule has 142 valence electrons. The Kier molecular flexibility index (Phi) is 8.06. The molecule has 0 radical (unpaired) electrons. The fraction of sp³-hybridized carbons (Fsp3) is 0.500. The molecular weight excluding hydrogens is 348 g/mol. The van der Waals surface area contributed by atoms with Gasteiger partial charge in [-0.15, -0.1) is 11.3 Å². The monoisotopic (exact) mass is 376 g/mol. The van der Waals surface area contributed by atoms with E-state index in [4.69, 9.17) is 9.47 Å². The maximum atomic E-state index is 12.1. The Morgan fingerprint density at radius 1 is 1.31 bits per heavy atom. The van der Waals surface area contributed by atoms with Crippen molar-refractivity contribution < 1.29 is 14.3 Å². The Labute approximate surface area is 160 Å². The zero-order valence-electron chi connectivity index (χ0n) is 16.0. The Bertz CT molecular complexity index is 700. The molecule has 6 heteroatoms. The van der Waals surface area contributed by atoms with E-state index in [1.54, 1.807) is 16.2 Å². The van der Waals surface area contributed by atoms with Gasteiger partial charge in [0.1, 0.15) is 24.0 Å². The number of amides is 1. The van der Waals surface area contributed by atoms with Crippen molar-refractivity contribution in [3.63, 3.8) is 0 Å². The van der Waals surface area contributed by atoms with Gasteiger partial charge in [-0.1, -0.05) is 39.0 Å². The van der Waals surface area contributed by atoms with Gasteiger partial charge < -0.3 is 14.4 Å². The van der Waals surface area contributed by atoms with Crippen molar-refractivity contribution in [3.8, 4) is 5.75 Å². The average Bonchev–Trinajstić information content (AvgIpc) is 3.07. The molecule has 1 heterocycles. The molecule has 0 aliphatic heterocycles. The maximum absolute atomic E-state index is 12.1. The number of hydrogen-bond donors (Lipinski definition) is 0. The minimum atomic E-state index is -0.00832. The van der Waals surface area contributed by atoms with Crippen molar-refractivity contribution in [3.05, 3.63) is 45.9 Å². The number of carbonyl (C=O) groups excluding carboxylic acids is 1. The maximum Gasteiger partial charge on any atom is 0.248 e. The molecule has 0 atom stereocenters. The summed E-state index contributed by atoms with van der Waals surface area (Å²) in [7, 11) is 1.54. The number of para-hydroxylation sites is 1. The third-order valence-corrected chi connectivity index (χ3v) is 4.83. The summed E-state index contributed by atoms with van der Waals surface area (Å²) in [6, 6.07) is 8.11. The number of carbonyl (C=O) groups is 1. The molecule has 0 fully saturated rings. The van der Waals surface area contributed by atoms with Crippen LogP contribution in [-0.2, 0) is 22.7 Å². The number of methoxy groups -OCH3 is 1. The van der Waals surface area contributed by atoms with Crippen molar-refractivity contribution in [2.45, 2.75) is 46.3 Å². The first-order chi connectivity index (χ1) is 12.5. The summed E-state index contributed by atoms with van der Waals surface area (Å²) in [5.74, 6) is 1.31. The molecule has 0 spiro atoms. The summed E-state index contributed by atoms with van der Waals surface area (Å²) >= 11 is 1.56. The highest BCUT2D eigenvalue weighted by Crippen LogP contribution is 2.27. The van der Waals surface area contributed by atoms with Gasteiger partial charge in [0.25, 0.3) is 0 Å². The first kappa shape index (κ1) is 20.4. The summed E-state index contributed by atoms with van der Waals surface area (Å²) < 4.78 is 10.9. The molecule has 2 aromatic rings. The normalized spacial score (nSPS) is 11.0. The number of rotatable bonds is 10. The molecule has 1 amide bonds. The van der Waals surface area contributed by atoms with Crippen LogP contribution in [0.25, 0.3) is 0 Å². The van der Waals surface area contributed by atoms with Crippen LogP contribution in [0, 0.1) is 0 Å². The van der Waals surface area contributed by atoms with Gasteiger partial charge in [0.2, 0.25) is 5.91 Å². The van der Waals surface area contributed by atoms with E-state index >= 15 is 0 Å². The minimum absolute atomic E-state index is 0.00832. The summed E-state index contributed by atoms with van der Waals surface area (Å²) in [6.07, 6.45) is 0.904. The molecule has 0 unspecified atom stereocenters. The van der Waals surface area contributed by atoms with E-state index in [0.29, 0.717) is 25.6 Å². The number of aromatic nitrogens is 1. The van der Waals surface area contributed by atoms with Gasteiger partial charge in [0.05, 0.1) is 12.2 Å². The van der Waals surface area contributed by atoms with Gasteiger partial charge in [-0.2, -0.15) is 0 Å². The molecule has 0 N–H and O–H groups in total. The Morgan fingerprint density at radius 3 is 2.77 bits per heavy atom. The second kappa shape index (κ2) is 10.3. The molecule has 26 heavy (non-hydrogen) atoms. The largest absolute Gasteiger partial charge is 0.486 e. The van der Waals surface area contributed by atoms with Crippen LogP contribution in [0.1, 0.15) is 49.4 Å². The van der Waals surface area contributed by atoms with Crippen molar-refractivity contribution in [2.75, 3.05) is 20.3 Å². The van der Waals surface area contributed by atoms with E-state index in [-0.39, 0.29) is 12.5 Å². The lowest BCUT2D eigenvalue weighted by Gasteiger charge is -2.20. The second-order valence-corrected chi connectivity index (χ2v) is 7.40. The number of thiazole rings is 1. The van der Waals surface area contributed by atoms with Crippen molar-refractivity contribution >= 4 is 17.2 Å². The molecule has 0 aliphatic rings. The quantitative estimate of drug-likeness (QED) is 0.623. The second-order valence-electron chi connectivity index (χ2n) is 6.46. The smallest absolute Gasteiger partial charge is 0.248 e. The molecule has 1 aromatic carbocycles. The van der Waals surface area contributed by atoms with Crippen LogP contribution in [0.4, 0.5) is 0 Å². The van der Waals surface area contributed by atoms with Crippen LogP contribution in [0.3, 0.4) is 0 Å². The summed E-state index contributed by atoms with van der Waals surface area (Å²) in [5.41, 5.74) is 2.09. The predicted molar refractivity (Wildman–Crippen MR) is 105 cm³/mol. The summed E-state index contributed by atoms with van der Waals surface area (Å²) in [5, 5.41) is 2.91. The van der Waals surface area contributed by atoms with E-state index in [0.717, 1.165) is 22.9 Å². The molecule has 0 aliphatic carbocycles. The van der Waals surface area contributed by atoms with E-state index < -0.39 is 0 Å². The van der Waals surface area contributed by atoms with Gasteiger partial charge >= 0.3 is 0 Å². The van der Waals surface area contributed by atoms with Gasteiger partial charge in [-0.05, 0) is 24.0 Å². The number of ether oxygens (including phenoxy) is 2. The standard InChI is InChI=1S/C20H28N2O3S/c1-5-10-22(20(23)13-24-4)11-16-14-26-19(21-16)12-25-18-9-7-6-8-17(18)15(2)3/h6-9,14-15H,5,10-13H2,1-4H3. The van der Waals surface area contributed by atoms with E-state index in [9.17, 15) is 4.79 Å². The Balaban J connectivity index is 1.98. The molecule has 5 nitrogen and oxygen atoms in total. The Morgan fingerprint density at radius 2 is 2.08 bits per heavy atom. The number of benzene rings is 1. The van der Waals surface area contributed by atoms with Gasteiger partial charge in [0, 0.05) is 19.0 Å². The zero-order chi connectivity index (χ0) is 18.9. The highest BCUT2D eigenvalue weighted by molar-refractivity contribution is 7.09. The number of nitrogens with zero attached hydrogens (tertiary/aromatic N) is 2. The molecule has 0 bridgehead atoms. The molecular formula is C20H28N2O3S. The van der Waals surface area contributed by atoms with E-state index in [1.165, 1.54) is 12.7 Å². The first-order valence-corrected chi connectivity index (χ1v) is 9.84.